The normalized spacial score (nSPS) is 18.0. The zero-order valence-electron chi connectivity index (χ0n) is 39.2. The SMILES string of the molecule is C=C(C(=O)N1CCN(NC(=O)CCOCCOCCOCCOCCNc2cccc3c2C(=O)N(C2CCC(=O)NC2=O)C3=O)CC1)[C@@H]1N=C(c2ccc(Cl)cc2)c2c(sc(C)c2C)-n2c(C)nnc21. The van der Waals surface area contributed by atoms with E-state index in [1.807, 2.05) is 35.8 Å². The van der Waals surface area contributed by atoms with Crippen LogP contribution in [0.1, 0.15) is 79.2 Å². The van der Waals surface area contributed by atoms with Gasteiger partial charge in [-0.05, 0) is 57.0 Å². The van der Waals surface area contributed by atoms with Gasteiger partial charge in [-0.3, -0.25) is 54.0 Å². The van der Waals surface area contributed by atoms with Crippen molar-refractivity contribution in [2.75, 3.05) is 90.9 Å². The predicted molar refractivity (Wildman–Crippen MR) is 258 cm³/mol. The highest BCUT2D eigenvalue weighted by atomic mass is 35.5. The van der Waals surface area contributed by atoms with Gasteiger partial charge in [-0.25, -0.2) is 5.01 Å². The molecule has 2 atom stereocenters. The van der Waals surface area contributed by atoms with E-state index in [1.54, 1.807) is 39.4 Å². The number of piperazine rings is 1. The van der Waals surface area contributed by atoms with Crippen LogP contribution in [0.4, 0.5) is 5.69 Å². The lowest BCUT2D eigenvalue weighted by Gasteiger charge is -2.35. The summed E-state index contributed by atoms with van der Waals surface area (Å²) in [6.45, 7) is 14.8. The highest BCUT2D eigenvalue weighted by molar-refractivity contribution is 7.15. The Balaban J connectivity index is 0.674. The number of thiophene rings is 1. The van der Waals surface area contributed by atoms with Crippen LogP contribution in [0, 0.1) is 20.8 Å². The first-order valence-electron chi connectivity index (χ1n) is 23.1. The van der Waals surface area contributed by atoms with E-state index in [0.29, 0.717) is 101 Å². The van der Waals surface area contributed by atoms with Crippen molar-refractivity contribution in [2.45, 2.75) is 52.1 Å². The number of benzene rings is 2. The van der Waals surface area contributed by atoms with Crippen LogP contribution in [0.3, 0.4) is 0 Å². The molecule has 370 valence electrons. The van der Waals surface area contributed by atoms with Gasteiger partial charge in [0.05, 0.1) is 76.1 Å². The highest BCUT2D eigenvalue weighted by Crippen LogP contribution is 2.41. The molecule has 3 N–H and O–H groups in total. The molecule has 22 heteroatoms. The number of imide groups is 2. The number of anilines is 1. The number of carbonyl (C=O) groups excluding carboxylic acids is 6. The lowest BCUT2D eigenvalue weighted by Crippen LogP contribution is -2.55. The number of aromatic nitrogens is 3. The average molecular weight is 1000 g/mol. The van der Waals surface area contributed by atoms with Gasteiger partial charge < -0.3 is 29.2 Å². The van der Waals surface area contributed by atoms with Crippen LogP contribution in [0.15, 0.2) is 59.6 Å². The molecule has 4 aliphatic heterocycles. The fourth-order valence-electron chi connectivity index (χ4n) is 8.58. The Hall–Kier alpha value is -6.20. The summed E-state index contributed by atoms with van der Waals surface area (Å²) in [5.74, 6) is -1.45. The summed E-state index contributed by atoms with van der Waals surface area (Å²) < 4.78 is 24.3. The minimum absolute atomic E-state index is 0.0497. The fraction of sp³-hybridized carbons (Fsp3) is 0.438. The standard InChI is InChI=1S/C48H55ClN10O10S/c1-28-30(3)70-48-39(28)42(32-8-10-33(49)11-9-32)52-41(43-54-53-31(4)58(43)48)29(2)45(63)56-16-18-57(19-17-56)55-38(61)14-20-66-22-24-68-26-27-69-25-23-67-21-15-50-35-7-5-6-34-40(35)47(65)59(46(34)64)36-12-13-37(60)51-44(36)62/h5-11,36,41,50H,2,12-27H2,1,3-4H3,(H,55,61)(H,51,60,62)/t36?,41-/m0/s1. The molecular formula is C48H55ClN10O10S. The number of aliphatic imine (C=N–C) groups is 1. The molecule has 6 amide bonds. The van der Waals surface area contributed by atoms with Crippen molar-refractivity contribution < 1.29 is 47.7 Å². The fourth-order valence-corrected chi connectivity index (χ4v) is 9.92. The molecule has 0 spiro atoms. The average Bonchev–Trinajstić information content (AvgIpc) is 3.92. The maximum atomic E-state index is 14.1. The summed E-state index contributed by atoms with van der Waals surface area (Å²) in [6.07, 6.45) is 0.292. The predicted octanol–water partition coefficient (Wildman–Crippen LogP) is 3.50. The van der Waals surface area contributed by atoms with Crippen molar-refractivity contribution in [2.24, 2.45) is 4.99 Å². The van der Waals surface area contributed by atoms with Gasteiger partial charge in [-0.2, -0.15) is 0 Å². The molecule has 2 aromatic carbocycles. The molecule has 1 unspecified atom stereocenters. The van der Waals surface area contributed by atoms with Crippen LogP contribution in [0.2, 0.25) is 5.02 Å². The van der Waals surface area contributed by atoms with E-state index in [9.17, 15) is 28.8 Å². The maximum Gasteiger partial charge on any atom is 0.264 e. The quantitative estimate of drug-likeness (QED) is 0.0617. The van der Waals surface area contributed by atoms with Gasteiger partial charge >= 0.3 is 0 Å². The molecule has 0 radical (unpaired) electrons. The number of fused-ring (bicyclic) bond motifs is 4. The minimum Gasteiger partial charge on any atom is -0.382 e. The van der Waals surface area contributed by atoms with Crippen molar-refractivity contribution in [1.82, 2.24) is 40.3 Å². The number of nitrogens with zero attached hydrogens (tertiary/aromatic N) is 7. The Morgan fingerprint density at radius 3 is 2.20 bits per heavy atom. The van der Waals surface area contributed by atoms with Crippen LogP contribution in [0.5, 0.6) is 0 Å². The molecule has 2 saturated heterocycles. The second-order valence-electron chi connectivity index (χ2n) is 16.9. The lowest BCUT2D eigenvalue weighted by molar-refractivity contribution is -0.136. The van der Waals surface area contributed by atoms with Gasteiger partial charge in [0.25, 0.3) is 17.7 Å². The van der Waals surface area contributed by atoms with Crippen molar-refractivity contribution in [3.05, 3.63) is 104 Å². The number of rotatable bonds is 21. The monoisotopic (exact) mass is 998 g/mol. The second kappa shape index (κ2) is 22.7. The van der Waals surface area contributed by atoms with Gasteiger partial charge in [0, 0.05) is 71.4 Å². The van der Waals surface area contributed by atoms with Crippen molar-refractivity contribution >= 4 is 69.8 Å². The van der Waals surface area contributed by atoms with Crippen LogP contribution in [-0.2, 0) is 38.1 Å². The number of piperidine rings is 1. The first-order chi connectivity index (χ1) is 33.8. The van der Waals surface area contributed by atoms with Gasteiger partial charge in [-0.1, -0.05) is 36.4 Å². The number of ether oxygens (including phenoxy) is 4. The van der Waals surface area contributed by atoms with Gasteiger partial charge in [-0.15, -0.1) is 21.5 Å². The molecule has 20 nitrogen and oxygen atoms in total. The number of amides is 6. The molecular weight excluding hydrogens is 944 g/mol. The van der Waals surface area contributed by atoms with E-state index >= 15 is 0 Å². The number of hydrogen-bond acceptors (Lipinski definition) is 16. The zero-order valence-corrected chi connectivity index (χ0v) is 40.8. The molecule has 6 heterocycles. The number of aryl methyl sites for hydroxylation is 2. The number of nitrogens with one attached hydrogen (secondary N) is 3. The number of hydrazine groups is 1. The molecule has 4 aromatic rings. The number of halogens is 1. The van der Waals surface area contributed by atoms with Crippen molar-refractivity contribution in [1.29, 1.82) is 0 Å². The molecule has 2 fully saturated rings. The third-order valence-corrected chi connectivity index (χ3v) is 13.8. The summed E-state index contributed by atoms with van der Waals surface area (Å²) in [5.41, 5.74) is 7.70. The van der Waals surface area contributed by atoms with E-state index in [-0.39, 0.29) is 54.4 Å². The van der Waals surface area contributed by atoms with E-state index in [4.69, 9.17) is 35.5 Å². The van der Waals surface area contributed by atoms with Crippen LogP contribution in [0.25, 0.3) is 5.00 Å². The van der Waals surface area contributed by atoms with Crippen LogP contribution >= 0.6 is 22.9 Å². The molecule has 8 rings (SSSR count). The van der Waals surface area contributed by atoms with E-state index in [1.165, 1.54) is 0 Å². The number of carbonyl (C=O) groups is 6. The maximum absolute atomic E-state index is 14.1. The summed E-state index contributed by atoms with van der Waals surface area (Å²) in [6, 6.07) is 10.6. The minimum atomic E-state index is -1.03. The second-order valence-corrected chi connectivity index (χ2v) is 18.6. The smallest absolute Gasteiger partial charge is 0.264 e. The van der Waals surface area contributed by atoms with Gasteiger partial charge in [0.2, 0.25) is 17.7 Å². The first-order valence-corrected chi connectivity index (χ1v) is 24.3. The Morgan fingerprint density at radius 1 is 0.843 bits per heavy atom. The summed E-state index contributed by atoms with van der Waals surface area (Å²) in [4.78, 5) is 86.0. The van der Waals surface area contributed by atoms with Crippen molar-refractivity contribution in [3.8, 4) is 5.00 Å². The van der Waals surface area contributed by atoms with Gasteiger partial charge in [0.1, 0.15) is 22.9 Å². The third-order valence-electron chi connectivity index (χ3n) is 12.4. The molecule has 0 bridgehead atoms. The van der Waals surface area contributed by atoms with E-state index in [0.717, 1.165) is 37.2 Å². The molecule has 0 aliphatic carbocycles. The first kappa shape index (κ1) is 50.2. The lowest BCUT2D eigenvalue weighted by atomic mass is 9.99. The Labute approximate surface area is 413 Å². The number of hydrogen-bond donors (Lipinski definition) is 3. The Morgan fingerprint density at radius 2 is 1.51 bits per heavy atom. The molecule has 2 aromatic heterocycles. The third kappa shape index (κ3) is 11.0. The topological polar surface area (TPSA) is 228 Å². The summed E-state index contributed by atoms with van der Waals surface area (Å²) >= 11 is 7.89. The summed E-state index contributed by atoms with van der Waals surface area (Å²) in [5, 5.41) is 17.6. The zero-order chi connectivity index (χ0) is 49.5. The van der Waals surface area contributed by atoms with Crippen LogP contribution in [-0.4, -0.2) is 162 Å². The van der Waals surface area contributed by atoms with Crippen molar-refractivity contribution in [3.63, 3.8) is 0 Å². The van der Waals surface area contributed by atoms with E-state index in [2.05, 4.69) is 46.7 Å². The van der Waals surface area contributed by atoms with E-state index < -0.39 is 35.7 Å². The highest BCUT2D eigenvalue weighted by Gasteiger charge is 2.45. The summed E-state index contributed by atoms with van der Waals surface area (Å²) in [7, 11) is 0. The van der Waals surface area contributed by atoms with Gasteiger partial charge in [0.15, 0.2) is 5.82 Å². The molecule has 4 aliphatic rings. The Bertz CT molecular complexity index is 2700. The largest absolute Gasteiger partial charge is 0.382 e. The Kier molecular flexibility index (Phi) is 16.3. The van der Waals surface area contributed by atoms with Crippen LogP contribution < -0.4 is 16.1 Å². The molecule has 70 heavy (non-hydrogen) atoms. The molecule has 0 saturated carbocycles.